The van der Waals surface area contributed by atoms with E-state index in [-0.39, 0.29) is 30.1 Å². The minimum absolute atomic E-state index is 0. The third-order valence-electron chi connectivity index (χ3n) is 4.74. The quantitative estimate of drug-likeness (QED) is 0.392. The molecule has 1 saturated heterocycles. The van der Waals surface area contributed by atoms with Crippen molar-refractivity contribution in [2.75, 3.05) is 32.8 Å². The Kier molecular flexibility index (Phi) is 8.75. The Bertz CT molecular complexity index is 769. The molecule has 1 N–H and O–H groups in total. The monoisotopic (exact) mass is 497 g/mol. The van der Waals surface area contributed by atoms with Gasteiger partial charge in [0.2, 0.25) is 0 Å². The number of halogens is 1. The van der Waals surface area contributed by atoms with Gasteiger partial charge in [0.05, 0.1) is 19.3 Å². The van der Waals surface area contributed by atoms with Crippen molar-refractivity contribution in [3.05, 3.63) is 52.8 Å². The molecule has 154 valence electrons. The summed E-state index contributed by atoms with van der Waals surface area (Å²) in [4.78, 5) is 7.18. The lowest BCUT2D eigenvalue weighted by atomic mass is 10.1. The van der Waals surface area contributed by atoms with Crippen molar-refractivity contribution >= 4 is 29.9 Å². The number of aliphatic imine (C=N–C) groups is 1. The summed E-state index contributed by atoms with van der Waals surface area (Å²) in [6.45, 7) is 10.4. The van der Waals surface area contributed by atoms with E-state index < -0.39 is 0 Å². The smallest absolute Gasteiger partial charge is 0.194 e. The fourth-order valence-corrected chi connectivity index (χ4v) is 3.58. The zero-order valence-corrected chi connectivity index (χ0v) is 19.6. The minimum Gasteiger partial charge on any atom is -0.370 e. The van der Waals surface area contributed by atoms with Gasteiger partial charge in [-0.2, -0.15) is 5.10 Å². The minimum atomic E-state index is 0. The topological polar surface area (TPSA) is 54.7 Å². The molecular weight excluding hydrogens is 465 g/mol. The first-order valence-electron chi connectivity index (χ1n) is 9.75. The van der Waals surface area contributed by atoms with Crippen LogP contribution in [0, 0.1) is 13.8 Å². The number of guanidine groups is 1. The van der Waals surface area contributed by atoms with Gasteiger partial charge in [-0.05, 0) is 32.8 Å². The largest absolute Gasteiger partial charge is 0.370 e. The van der Waals surface area contributed by atoms with Crippen molar-refractivity contribution in [2.24, 2.45) is 12.0 Å². The number of morpholine rings is 1. The molecule has 6 nitrogen and oxygen atoms in total. The van der Waals surface area contributed by atoms with Gasteiger partial charge < -0.3 is 15.0 Å². The van der Waals surface area contributed by atoms with Crippen LogP contribution in [0.1, 0.15) is 35.3 Å². The Morgan fingerprint density at radius 1 is 1.29 bits per heavy atom. The van der Waals surface area contributed by atoms with Crippen molar-refractivity contribution in [1.29, 1.82) is 0 Å². The Morgan fingerprint density at radius 3 is 2.68 bits per heavy atom. The number of nitrogens with one attached hydrogen (secondary N) is 1. The molecule has 1 fully saturated rings. The Labute approximate surface area is 185 Å². The Hall–Kier alpha value is -1.61. The van der Waals surface area contributed by atoms with Crippen LogP contribution in [0.25, 0.3) is 0 Å². The number of benzene rings is 1. The van der Waals surface area contributed by atoms with Crippen molar-refractivity contribution in [3.8, 4) is 0 Å². The number of ether oxygens (including phenoxy) is 1. The van der Waals surface area contributed by atoms with Crippen molar-refractivity contribution in [3.63, 3.8) is 0 Å². The summed E-state index contributed by atoms with van der Waals surface area (Å²) in [6, 6.07) is 6.72. The zero-order valence-electron chi connectivity index (χ0n) is 17.3. The predicted octanol–water partition coefficient (Wildman–Crippen LogP) is 3.24. The molecule has 7 heteroatoms. The normalized spacial score (nSPS) is 17.4. The van der Waals surface area contributed by atoms with E-state index in [9.17, 15) is 0 Å². The van der Waals surface area contributed by atoms with E-state index >= 15 is 0 Å². The molecule has 1 unspecified atom stereocenters. The summed E-state index contributed by atoms with van der Waals surface area (Å²) in [5.74, 6) is 0.971. The van der Waals surface area contributed by atoms with E-state index in [2.05, 4.69) is 54.3 Å². The molecule has 28 heavy (non-hydrogen) atoms. The molecule has 1 aliphatic heterocycles. The van der Waals surface area contributed by atoms with Gasteiger partial charge in [0, 0.05) is 38.4 Å². The second-order valence-electron chi connectivity index (χ2n) is 7.23. The third kappa shape index (κ3) is 6.20. The van der Waals surface area contributed by atoms with E-state index in [0.717, 1.165) is 44.1 Å². The van der Waals surface area contributed by atoms with Gasteiger partial charge >= 0.3 is 0 Å². The van der Waals surface area contributed by atoms with Crippen LogP contribution in [0.4, 0.5) is 0 Å². The number of nitrogens with zero attached hydrogens (tertiary/aromatic N) is 4. The van der Waals surface area contributed by atoms with E-state index in [1.54, 1.807) is 0 Å². The molecule has 0 spiro atoms. The van der Waals surface area contributed by atoms with E-state index in [4.69, 9.17) is 9.73 Å². The van der Waals surface area contributed by atoms with Crippen LogP contribution >= 0.6 is 24.0 Å². The SMILES string of the molecule is CCNC(=NCCc1cc(C)cc(C)c1)N1CCOC(c2cnn(C)c2)C1.I. The van der Waals surface area contributed by atoms with Crippen LogP contribution in [-0.2, 0) is 18.2 Å². The lowest BCUT2D eigenvalue weighted by molar-refractivity contribution is -0.00803. The van der Waals surface area contributed by atoms with Crippen molar-refractivity contribution < 1.29 is 4.74 Å². The summed E-state index contributed by atoms with van der Waals surface area (Å²) in [6.07, 6.45) is 4.90. The Morgan fingerprint density at radius 2 is 2.04 bits per heavy atom. The van der Waals surface area contributed by atoms with Crippen molar-refractivity contribution in [2.45, 2.75) is 33.3 Å². The summed E-state index contributed by atoms with van der Waals surface area (Å²) in [7, 11) is 1.93. The second kappa shape index (κ2) is 10.8. The fraction of sp³-hybridized carbons (Fsp3) is 0.524. The highest BCUT2D eigenvalue weighted by Gasteiger charge is 2.25. The molecule has 1 aromatic carbocycles. The van der Waals surface area contributed by atoms with Gasteiger partial charge in [-0.15, -0.1) is 24.0 Å². The van der Waals surface area contributed by atoms with Crippen LogP contribution in [0.3, 0.4) is 0 Å². The van der Waals surface area contributed by atoms with Crippen LogP contribution in [0.5, 0.6) is 0 Å². The molecule has 3 rings (SSSR count). The Balaban J connectivity index is 0.00000280. The number of rotatable bonds is 5. The predicted molar refractivity (Wildman–Crippen MR) is 124 cm³/mol. The second-order valence-corrected chi connectivity index (χ2v) is 7.23. The first kappa shape index (κ1) is 22.7. The van der Waals surface area contributed by atoms with E-state index in [1.165, 1.54) is 16.7 Å². The number of aromatic nitrogens is 2. The summed E-state index contributed by atoms with van der Waals surface area (Å²) < 4.78 is 7.78. The van der Waals surface area contributed by atoms with Crippen LogP contribution in [0.2, 0.25) is 0 Å². The maximum Gasteiger partial charge on any atom is 0.194 e. The van der Waals surface area contributed by atoms with Gasteiger partial charge in [0.1, 0.15) is 6.10 Å². The highest BCUT2D eigenvalue weighted by molar-refractivity contribution is 14.0. The fourth-order valence-electron chi connectivity index (χ4n) is 3.58. The lowest BCUT2D eigenvalue weighted by Crippen LogP contribution is -2.48. The van der Waals surface area contributed by atoms with Crippen LogP contribution in [0.15, 0.2) is 35.6 Å². The summed E-state index contributed by atoms with van der Waals surface area (Å²) in [5, 5.41) is 7.71. The molecule has 0 bridgehead atoms. The molecule has 1 aliphatic rings. The van der Waals surface area contributed by atoms with E-state index in [0.29, 0.717) is 6.61 Å². The molecule has 0 amide bonds. The third-order valence-corrected chi connectivity index (χ3v) is 4.74. The van der Waals surface area contributed by atoms with Crippen molar-refractivity contribution in [1.82, 2.24) is 20.0 Å². The molecule has 2 heterocycles. The molecule has 1 atom stereocenters. The van der Waals surface area contributed by atoms with Gasteiger partial charge in [-0.1, -0.05) is 29.3 Å². The zero-order chi connectivity index (χ0) is 19.2. The highest BCUT2D eigenvalue weighted by atomic mass is 127. The molecular formula is C21H32IN5O. The van der Waals surface area contributed by atoms with Gasteiger partial charge in [0.15, 0.2) is 5.96 Å². The van der Waals surface area contributed by atoms with Gasteiger partial charge in [-0.25, -0.2) is 0 Å². The average Bonchev–Trinajstić information content (AvgIpc) is 3.07. The standard InChI is InChI=1S/C21H31N5O.HI/c1-5-22-21(23-7-6-18-11-16(2)10-17(3)12-18)26-8-9-27-20(15-26)19-13-24-25(4)14-19;/h10-14,20H,5-9,15H2,1-4H3,(H,22,23);1H. The average molecular weight is 497 g/mol. The first-order valence-corrected chi connectivity index (χ1v) is 9.75. The molecule has 1 aromatic heterocycles. The van der Waals surface area contributed by atoms with Gasteiger partial charge in [-0.3, -0.25) is 9.67 Å². The van der Waals surface area contributed by atoms with Crippen LogP contribution in [-0.4, -0.2) is 53.4 Å². The summed E-state index contributed by atoms with van der Waals surface area (Å²) >= 11 is 0. The highest BCUT2D eigenvalue weighted by Crippen LogP contribution is 2.21. The van der Waals surface area contributed by atoms with Gasteiger partial charge in [0.25, 0.3) is 0 Å². The van der Waals surface area contributed by atoms with Crippen LogP contribution < -0.4 is 5.32 Å². The molecule has 2 aromatic rings. The maximum absolute atomic E-state index is 5.96. The molecule has 0 aliphatic carbocycles. The number of hydrogen-bond acceptors (Lipinski definition) is 3. The van der Waals surface area contributed by atoms with E-state index in [1.807, 2.05) is 24.1 Å². The number of aryl methyl sites for hydroxylation is 3. The lowest BCUT2D eigenvalue weighted by Gasteiger charge is -2.34. The summed E-state index contributed by atoms with van der Waals surface area (Å²) in [5.41, 5.74) is 5.09. The first-order chi connectivity index (χ1) is 13.0. The molecule has 0 radical (unpaired) electrons. The number of hydrogen-bond donors (Lipinski definition) is 1. The molecule has 0 saturated carbocycles. The maximum atomic E-state index is 5.96.